The molecule has 50 valence electrons. The molecule has 0 radical (unpaired) electrons. The third-order valence-electron chi connectivity index (χ3n) is 2.47. The Kier molecular flexibility index (Phi) is 1.09. The minimum atomic E-state index is 0.394. The number of Topliss-reactive ketones (excluding diaryl/α,β-unsaturated/α-hetero) is 1. The normalized spacial score (nSPS) is 41.6. The molecular weight excluding hydrogens is 114 g/mol. The molecule has 0 bridgehead atoms. The van der Waals surface area contributed by atoms with Crippen LogP contribution in [0.2, 0.25) is 0 Å². The molecule has 1 aliphatic carbocycles. The molecule has 9 heavy (non-hydrogen) atoms. The Balaban J connectivity index is 2.15. The Morgan fingerprint density at radius 2 is 2.33 bits per heavy atom. The molecule has 2 fully saturated rings. The van der Waals surface area contributed by atoms with Crippen molar-refractivity contribution in [1.29, 1.82) is 0 Å². The van der Waals surface area contributed by atoms with Crippen LogP contribution in [0.3, 0.4) is 0 Å². The van der Waals surface area contributed by atoms with Crippen molar-refractivity contribution in [3.8, 4) is 0 Å². The predicted octanol–water partition coefficient (Wildman–Crippen LogP) is 0.327. The van der Waals surface area contributed by atoms with Crippen molar-refractivity contribution < 1.29 is 4.79 Å². The lowest BCUT2D eigenvalue weighted by Gasteiger charge is -2.03. The van der Waals surface area contributed by atoms with E-state index in [1.54, 1.807) is 0 Å². The van der Waals surface area contributed by atoms with Gasteiger partial charge in [-0.1, -0.05) is 6.42 Å². The fraction of sp³-hybridized carbons (Fsp3) is 0.857. The summed E-state index contributed by atoms with van der Waals surface area (Å²) >= 11 is 0. The molecule has 0 unspecified atom stereocenters. The zero-order valence-corrected chi connectivity index (χ0v) is 5.39. The van der Waals surface area contributed by atoms with E-state index in [0.29, 0.717) is 24.3 Å². The Morgan fingerprint density at radius 1 is 1.44 bits per heavy atom. The Labute approximate surface area is 54.6 Å². The average molecular weight is 125 g/mol. The van der Waals surface area contributed by atoms with Gasteiger partial charge in [-0.25, -0.2) is 0 Å². The summed E-state index contributed by atoms with van der Waals surface area (Å²) < 4.78 is 0. The van der Waals surface area contributed by atoms with Gasteiger partial charge in [-0.05, 0) is 12.8 Å². The SMILES string of the molecule is O=C1CN[C@@H]2CCC[C@H]12. The van der Waals surface area contributed by atoms with E-state index in [2.05, 4.69) is 5.32 Å². The summed E-state index contributed by atoms with van der Waals surface area (Å²) in [6, 6.07) is 0.553. The summed E-state index contributed by atoms with van der Waals surface area (Å²) in [5.41, 5.74) is 0. The van der Waals surface area contributed by atoms with E-state index in [1.807, 2.05) is 0 Å². The lowest BCUT2D eigenvalue weighted by molar-refractivity contribution is -0.119. The van der Waals surface area contributed by atoms with Crippen LogP contribution in [0.4, 0.5) is 0 Å². The molecule has 2 aliphatic rings. The molecule has 2 nitrogen and oxygen atoms in total. The molecule has 1 saturated carbocycles. The van der Waals surface area contributed by atoms with E-state index in [0.717, 1.165) is 6.42 Å². The van der Waals surface area contributed by atoms with Gasteiger partial charge in [0.2, 0.25) is 0 Å². The van der Waals surface area contributed by atoms with Gasteiger partial charge in [-0.3, -0.25) is 4.79 Å². The van der Waals surface area contributed by atoms with Crippen LogP contribution in [-0.2, 0) is 4.79 Å². The summed E-state index contributed by atoms with van der Waals surface area (Å²) in [5, 5.41) is 3.22. The number of fused-ring (bicyclic) bond motifs is 1. The van der Waals surface area contributed by atoms with Crippen molar-refractivity contribution in [2.75, 3.05) is 6.54 Å². The van der Waals surface area contributed by atoms with E-state index in [-0.39, 0.29) is 0 Å². The maximum atomic E-state index is 11.0. The maximum absolute atomic E-state index is 11.0. The van der Waals surface area contributed by atoms with Crippen molar-refractivity contribution in [2.45, 2.75) is 25.3 Å². The highest BCUT2D eigenvalue weighted by molar-refractivity contribution is 5.86. The molecule has 0 aromatic carbocycles. The third kappa shape index (κ3) is 0.697. The summed E-state index contributed by atoms with van der Waals surface area (Å²) in [7, 11) is 0. The van der Waals surface area contributed by atoms with E-state index >= 15 is 0 Å². The first-order valence-corrected chi connectivity index (χ1v) is 3.64. The quantitative estimate of drug-likeness (QED) is 0.505. The second-order valence-corrected chi connectivity index (χ2v) is 2.99. The minimum absolute atomic E-state index is 0.394. The Bertz CT molecular complexity index is 144. The maximum Gasteiger partial charge on any atom is 0.151 e. The van der Waals surface area contributed by atoms with Gasteiger partial charge in [0, 0.05) is 12.0 Å². The monoisotopic (exact) mass is 125 g/mol. The van der Waals surface area contributed by atoms with Gasteiger partial charge in [0.15, 0.2) is 5.78 Å². The van der Waals surface area contributed by atoms with Crippen LogP contribution in [0.5, 0.6) is 0 Å². The van der Waals surface area contributed by atoms with Crippen LogP contribution in [0.25, 0.3) is 0 Å². The molecule has 2 rings (SSSR count). The van der Waals surface area contributed by atoms with Crippen LogP contribution < -0.4 is 5.32 Å². The van der Waals surface area contributed by atoms with Crippen LogP contribution in [0.1, 0.15) is 19.3 Å². The topological polar surface area (TPSA) is 29.1 Å². The number of ketones is 1. The zero-order chi connectivity index (χ0) is 6.27. The zero-order valence-electron chi connectivity index (χ0n) is 5.39. The van der Waals surface area contributed by atoms with Crippen molar-refractivity contribution >= 4 is 5.78 Å². The standard InChI is InChI=1S/C7H11NO/c9-7-4-8-6-3-1-2-5(6)7/h5-6,8H,1-4H2/t5-,6+/m0/s1. The summed E-state index contributed by atoms with van der Waals surface area (Å²) in [5.74, 6) is 0.836. The molecular formula is C7H11NO. The number of nitrogens with one attached hydrogen (secondary N) is 1. The minimum Gasteiger partial charge on any atom is -0.306 e. The molecule has 0 amide bonds. The van der Waals surface area contributed by atoms with E-state index in [9.17, 15) is 4.79 Å². The fourth-order valence-electron chi connectivity index (χ4n) is 1.95. The van der Waals surface area contributed by atoms with Crippen molar-refractivity contribution in [3.63, 3.8) is 0 Å². The molecule has 1 heterocycles. The molecule has 0 aromatic rings. The van der Waals surface area contributed by atoms with Crippen molar-refractivity contribution in [1.82, 2.24) is 5.32 Å². The molecule has 1 saturated heterocycles. The summed E-state index contributed by atoms with van der Waals surface area (Å²) in [6.45, 7) is 0.634. The highest BCUT2D eigenvalue weighted by atomic mass is 16.1. The van der Waals surface area contributed by atoms with Gasteiger partial charge in [0.1, 0.15) is 0 Å². The highest BCUT2D eigenvalue weighted by Crippen LogP contribution is 2.29. The van der Waals surface area contributed by atoms with Gasteiger partial charge in [0.05, 0.1) is 6.54 Å². The highest BCUT2D eigenvalue weighted by Gasteiger charge is 2.37. The smallest absolute Gasteiger partial charge is 0.151 e. The largest absolute Gasteiger partial charge is 0.306 e. The number of hydrogen-bond donors (Lipinski definition) is 1. The molecule has 1 aliphatic heterocycles. The molecule has 1 N–H and O–H groups in total. The van der Waals surface area contributed by atoms with Crippen molar-refractivity contribution in [2.24, 2.45) is 5.92 Å². The molecule has 2 heteroatoms. The van der Waals surface area contributed by atoms with Gasteiger partial charge >= 0.3 is 0 Å². The predicted molar refractivity (Wildman–Crippen MR) is 34.1 cm³/mol. The van der Waals surface area contributed by atoms with Crippen LogP contribution in [0, 0.1) is 5.92 Å². The Hall–Kier alpha value is -0.370. The lowest BCUT2D eigenvalue weighted by Crippen LogP contribution is -2.21. The lowest BCUT2D eigenvalue weighted by atomic mass is 10.0. The van der Waals surface area contributed by atoms with Crippen LogP contribution >= 0.6 is 0 Å². The first kappa shape index (κ1) is 5.42. The van der Waals surface area contributed by atoms with Gasteiger partial charge in [-0.15, -0.1) is 0 Å². The number of carbonyl (C=O) groups is 1. The average Bonchev–Trinajstić information content (AvgIpc) is 2.35. The van der Waals surface area contributed by atoms with Crippen LogP contribution in [0.15, 0.2) is 0 Å². The number of carbonyl (C=O) groups excluding carboxylic acids is 1. The summed E-state index contributed by atoms with van der Waals surface area (Å²) in [6.07, 6.45) is 3.60. The first-order chi connectivity index (χ1) is 4.38. The van der Waals surface area contributed by atoms with E-state index in [1.165, 1.54) is 12.8 Å². The van der Waals surface area contributed by atoms with Gasteiger partial charge in [0.25, 0.3) is 0 Å². The third-order valence-corrected chi connectivity index (χ3v) is 2.47. The molecule has 2 atom stereocenters. The van der Waals surface area contributed by atoms with E-state index < -0.39 is 0 Å². The van der Waals surface area contributed by atoms with Crippen molar-refractivity contribution in [3.05, 3.63) is 0 Å². The first-order valence-electron chi connectivity index (χ1n) is 3.64. The second-order valence-electron chi connectivity index (χ2n) is 2.99. The number of hydrogen-bond acceptors (Lipinski definition) is 2. The number of rotatable bonds is 0. The van der Waals surface area contributed by atoms with Gasteiger partial charge in [-0.2, -0.15) is 0 Å². The van der Waals surface area contributed by atoms with Crippen LogP contribution in [-0.4, -0.2) is 18.4 Å². The van der Waals surface area contributed by atoms with Gasteiger partial charge < -0.3 is 5.32 Å². The van der Waals surface area contributed by atoms with E-state index in [4.69, 9.17) is 0 Å². The second kappa shape index (κ2) is 1.81. The summed E-state index contributed by atoms with van der Waals surface area (Å²) in [4.78, 5) is 11.0. The Morgan fingerprint density at radius 3 is 3.11 bits per heavy atom. The molecule has 0 spiro atoms. The fourth-order valence-corrected chi connectivity index (χ4v) is 1.95. The molecule has 0 aromatic heterocycles.